The highest BCUT2D eigenvalue weighted by Gasteiger charge is 2.40. The molecule has 9 aromatic rings. The number of unbranched alkanes of at least 4 members (excludes halogenated alkanes) is 2. The van der Waals surface area contributed by atoms with E-state index in [9.17, 15) is 67.4 Å². The van der Waals surface area contributed by atoms with Crippen molar-refractivity contribution in [2.24, 2.45) is 11.8 Å². The SMILES string of the molecule is CCCCC(CC)Cc1cc(C(C(=O)O)c2ccc(-n3c(=O)c4cc(-c5cc(C(F)(F)F)cc(C(F)(F)F)c5)c5oc6ccccc6c6c(-c7cc(C(F)(F)F)cc(C(F)(F)F)c7)cc(c3=O)c4c56)cc2)cc(CC(CC)CCCC)c1C=O. The molecule has 3 atom stereocenters. The monoisotopic (exact) mass is 1170 g/mol. The van der Waals surface area contributed by atoms with E-state index in [-0.39, 0.29) is 57.0 Å². The summed E-state index contributed by atoms with van der Waals surface area (Å²) in [5.41, 5.74) is -10.9. The first-order valence-electron chi connectivity index (χ1n) is 27.5. The predicted molar refractivity (Wildman–Crippen MR) is 298 cm³/mol. The van der Waals surface area contributed by atoms with E-state index in [1.54, 1.807) is 12.1 Å². The molecule has 0 aliphatic carbocycles. The molecule has 0 aliphatic rings. The minimum Gasteiger partial charge on any atom is -0.481 e. The fourth-order valence-corrected chi connectivity index (χ4v) is 11.7. The predicted octanol–water partition coefficient (Wildman–Crippen LogP) is 18.8. The average Bonchev–Trinajstić information content (AvgIpc) is 0.791. The van der Waals surface area contributed by atoms with Crippen molar-refractivity contribution in [2.45, 2.75) is 123 Å². The maximum atomic E-state index is 15.3. The number of pyridine rings is 1. The van der Waals surface area contributed by atoms with Gasteiger partial charge in [0.2, 0.25) is 0 Å². The third-order valence-corrected chi connectivity index (χ3v) is 16.0. The first-order chi connectivity index (χ1) is 39.6. The fourth-order valence-electron chi connectivity index (χ4n) is 11.7. The third-order valence-electron chi connectivity index (χ3n) is 16.0. The second kappa shape index (κ2) is 23.2. The highest BCUT2D eigenvalue weighted by molar-refractivity contribution is 6.32. The van der Waals surface area contributed by atoms with Gasteiger partial charge in [0.1, 0.15) is 17.1 Å². The lowest BCUT2D eigenvalue weighted by molar-refractivity contribution is -0.144. The standard InChI is InChI=1S/C65H55F12NO6/c1-5-9-13-34(7-3)21-37-23-41(24-38(52(37)33-79)22-35(8-4)14-10-6-2)54(61(82)83)36-17-19-46(20-18-36)78-59(80)50-31-48(39-25-42(62(66,67)68)29-43(26-39)63(69,70)71)55-47-15-11-12-16-53(47)84-58-49(32-51(60(78)81)56(50)57(55)58)40-27-44(64(72,73)74)30-45(28-40)65(75,76)77/h11-12,15-20,23-35,54H,5-10,13-14,21-22H2,1-4H3,(H,82,83). The summed E-state index contributed by atoms with van der Waals surface area (Å²) >= 11 is 0. The van der Waals surface area contributed by atoms with Gasteiger partial charge >= 0.3 is 30.7 Å². The number of nitrogens with zero attached hydrogens (tertiary/aromatic N) is 1. The summed E-state index contributed by atoms with van der Waals surface area (Å²) in [4.78, 5) is 57.1. The van der Waals surface area contributed by atoms with Crippen molar-refractivity contribution in [3.05, 3.63) is 180 Å². The number of carboxylic acids is 1. The van der Waals surface area contributed by atoms with Crippen LogP contribution in [0.2, 0.25) is 0 Å². The molecule has 19 heteroatoms. The normalized spacial score (nSPS) is 13.8. The number of fused-ring (bicyclic) bond motifs is 2. The Labute approximate surface area is 472 Å². The zero-order valence-electron chi connectivity index (χ0n) is 45.7. The van der Waals surface area contributed by atoms with Crippen LogP contribution >= 0.6 is 0 Å². The number of aliphatic carboxylic acids is 1. The number of para-hydroxylation sites is 1. The molecule has 3 unspecified atom stereocenters. The van der Waals surface area contributed by atoms with Gasteiger partial charge in [-0.1, -0.05) is 122 Å². The van der Waals surface area contributed by atoms with Crippen LogP contribution in [0.5, 0.6) is 0 Å². The Hall–Kier alpha value is -7.96. The first-order valence-corrected chi connectivity index (χ1v) is 27.5. The summed E-state index contributed by atoms with van der Waals surface area (Å²) in [6.45, 7) is 8.24. The van der Waals surface area contributed by atoms with Crippen molar-refractivity contribution in [1.82, 2.24) is 4.57 Å². The number of benzene rings is 7. The Kier molecular flexibility index (Phi) is 16.8. The molecule has 0 radical (unpaired) electrons. The molecule has 0 saturated heterocycles. The van der Waals surface area contributed by atoms with Crippen molar-refractivity contribution in [3.8, 4) is 27.9 Å². The van der Waals surface area contributed by atoms with Crippen molar-refractivity contribution in [1.29, 1.82) is 0 Å². The Morgan fingerprint density at radius 2 is 1.00 bits per heavy atom. The molecule has 7 nitrogen and oxygen atoms in total. The molecule has 0 fully saturated rings. The van der Waals surface area contributed by atoms with Crippen molar-refractivity contribution >= 4 is 55.7 Å². The molecule has 0 spiro atoms. The van der Waals surface area contributed by atoms with Crippen LogP contribution in [-0.4, -0.2) is 21.9 Å². The Morgan fingerprint density at radius 3 is 1.43 bits per heavy atom. The van der Waals surface area contributed by atoms with E-state index in [2.05, 4.69) is 13.8 Å². The molecule has 2 heterocycles. The zero-order chi connectivity index (χ0) is 61.0. The van der Waals surface area contributed by atoms with E-state index in [0.717, 1.165) is 69.8 Å². The first kappa shape index (κ1) is 60.6. The summed E-state index contributed by atoms with van der Waals surface area (Å²) in [5.74, 6) is -2.35. The van der Waals surface area contributed by atoms with Gasteiger partial charge in [0.25, 0.3) is 11.1 Å². The molecule has 0 saturated carbocycles. The summed E-state index contributed by atoms with van der Waals surface area (Å²) in [6, 6.07) is 17.1. The van der Waals surface area contributed by atoms with Gasteiger partial charge in [-0.3, -0.25) is 19.2 Å². The van der Waals surface area contributed by atoms with Crippen molar-refractivity contribution in [3.63, 3.8) is 0 Å². The summed E-state index contributed by atoms with van der Waals surface area (Å²) in [5, 5.41) is 8.89. The topological polar surface area (TPSA) is 107 Å². The minimum atomic E-state index is -5.40. The van der Waals surface area contributed by atoms with Crippen LogP contribution in [0.25, 0.3) is 71.4 Å². The number of hydrogen-bond donors (Lipinski definition) is 1. The smallest absolute Gasteiger partial charge is 0.416 e. The number of halogens is 12. The molecule has 0 aliphatic heterocycles. The lowest BCUT2D eigenvalue weighted by Gasteiger charge is -2.23. The van der Waals surface area contributed by atoms with E-state index in [1.807, 2.05) is 13.8 Å². The van der Waals surface area contributed by atoms with E-state index in [0.29, 0.717) is 63.9 Å². The minimum absolute atomic E-state index is 0.0464. The molecule has 7 aromatic carbocycles. The van der Waals surface area contributed by atoms with Crippen LogP contribution in [0.4, 0.5) is 52.7 Å². The summed E-state index contributed by atoms with van der Waals surface area (Å²) in [6.07, 6.45) is -12.7. The molecule has 0 amide bonds. The molecular weight excluding hydrogens is 1120 g/mol. The maximum absolute atomic E-state index is 15.3. The van der Waals surface area contributed by atoms with Crippen LogP contribution in [-0.2, 0) is 42.3 Å². The van der Waals surface area contributed by atoms with Crippen LogP contribution < -0.4 is 11.1 Å². The van der Waals surface area contributed by atoms with Crippen LogP contribution in [0.15, 0.2) is 123 Å². The number of carboxylic acid groups (broad SMARTS) is 1. The van der Waals surface area contributed by atoms with Gasteiger partial charge in [0.05, 0.1) is 27.9 Å². The molecule has 0 bridgehead atoms. The quantitative estimate of drug-likeness (QED) is 0.0374. The highest BCUT2D eigenvalue weighted by atomic mass is 19.4. The molecule has 1 N–H and O–H groups in total. The Morgan fingerprint density at radius 1 is 0.548 bits per heavy atom. The summed E-state index contributed by atoms with van der Waals surface area (Å²) < 4.78 is 182. The molecule has 440 valence electrons. The lowest BCUT2D eigenvalue weighted by atomic mass is 9.81. The van der Waals surface area contributed by atoms with Gasteiger partial charge in [0, 0.05) is 43.4 Å². The van der Waals surface area contributed by atoms with E-state index < -0.39 is 114 Å². The fraction of sp³-hybridized carbons (Fsp3) is 0.323. The Bertz CT molecular complexity index is 3960. The van der Waals surface area contributed by atoms with Crippen molar-refractivity contribution in [2.75, 3.05) is 0 Å². The van der Waals surface area contributed by atoms with Crippen LogP contribution in [0.3, 0.4) is 0 Å². The number of aldehydes is 1. The molecular formula is C65H55F12NO6. The number of alkyl halides is 12. The number of hydrogen-bond acceptors (Lipinski definition) is 5. The Balaban J connectivity index is 1.34. The van der Waals surface area contributed by atoms with Gasteiger partial charge in [-0.05, 0) is 130 Å². The van der Waals surface area contributed by atoms with E-state index in [1.165, 1.54) is 48.5 Å². The molecule has 9 rings (SSSR count). The number of carbonyl (C=O) groups is 2. The van der Waals surface area contributed by atoms with Gasteiger partial charge in [-0.2, -0.15) is 52.7 Å². The maximum Gasteiger partial charge on any atom is 0.416 e. The largest absolute Gasteiger partial charge is 0.481 e. The highest BCUT2D eigenvalue weighted by Crippen LogP contribution is 2.49. The van der Waals surface area contributed by atoms with Gasteiger partial charge in [0.15, 0.2) is 6.29 Å². The number of carbonyl (C=O) groups excluding carboxylic acids is 1. The molecule has 84 heavy (non-hydrogen) atoms. The number of rotatable bonds is 19. The summed E-state index contributed by atoms with van der Waals surface area (Å²) in [7, 11) is 0. The second-order valence-electron chi connectivity index (χ2n) is 21.5. The van der Waals surface area contributed by atoms with Gasteiger partial charge in [-0.25, -0.2) is 4.57 Å². The van der Waals surface area contributed by atoms with E-state index >= 15 is 9.59 Å². The molecule has 2 aromatic heterocycles. The number of aromatic nitrogens is 1. The van der Waals surface area contributed by atoms with E-state index in [4.69, 9.17) is 4.42 Å². The second-order valence-corrected chi connectivity index (χ2v) is 21.5. The van der Waals surface area contributed by atoms with Gasteiger partial charge < -0.3 is 9.52 Å². The van der Waals surface area contributed by atoms with Crippen LogP contribution in [0.1, 0.15) is 140 Å². The lowest BCUT2D eigenvalue weighted by Crippen LogP contribution is -2.32. The van der Waals surface area contributed by atoms with Crippen molar-refractivity contribution < 1.29 is 71.8 Å². The average molecular weight is 1170 g/mol. The van der Waals surface area contributed by atoms with Crippen LogP contribution in [0, 0.1) is 11.8 Å². The van der Waals surface area contributed by atoms with Gasteiger partial charge in [-0.15, -0.1) is 0 Å². The third kappa shape index (κ3) is 11.8. The zero-order valence-corrected chi connectivity index (χ0v) is 45.7.